The largest absolute Gasteiger partial charge is 0.375 e. The lowest BCUT2D eigenvalue weighted by atomic mass is 10.1. The maximum Gasteiger partial charge on any atom is 0.0363 e. The van der Waals surface area contributed by atoms with Crippen molar-refractivity contribution in [3.8, 4) is 0 Å². The van der Waals surface area contributed by atoms with Crippen LogP contribution in [0.3, 0.4) is 0 Å². The summed E-state index contributed by atoms with van der Waals surface area (Å²) in [5.74, 6) is 0. The molecule has 0 heterocycles. The van der Waals surface area contributed by atoms with Gasteiger partial charge in [0.25, 0.3) is 0 Å². The molecule has 0 aliphatic heterocycles. The Bertz CT molecular complexity index is 329. The van der Waals surface area contributed by atoms with Crippen molar-refractivity contribution in [2.24, 2.45) is 0 Å². The number of rotatable bonds is 7. The summed E-state index contributed by atoms with van der Waals surface area (Å²) in [5.41, 5.74) is 2.61. The maximum absolute atomic E-state index is 3.75. The Morgan fingerprint density at radius 2 is 2.00 bits per heavy atom. The number of nitrogens with one attached hydrogen (secondary N) is 1. The van der Waals surface area contributed by atoms with E-state index in [4.69, 9.17) is 0 Å². The van der Waals surface area contributed by atoms with Gasteiger partial charge in [0.05, 0.1) is 0 Å². The second kappa shape index (κ2) is 7.13. The van der Waals surface area contributed by atoms with E-state index < -0.39 is 0 Å². The molecule has 0 saturated carbocycles. The third kappa shape index (κ3) is 4.23. The number of nitrogens with zero attached hydrogens (tertiary/aromatic N) is 1. The highest BCUT2D eigenvalue weighted by Crippen LogP contribution is 2.18. The van der Waals surface area contributed by atoms with Crippen LogP contribution in [0.2, 0.25) is 0 Å². The van der Waals surface area contributed by atoms with Crippen LogP contribution < -0.4 is 10.2 Å². The van der Waals surface area contributed by atoms with Crippen molar-refractivity contribution < 1.29 is 0 Å². The van der Waals surface area contributed by atoms with Gasteiger partial charge < -0.3 is 10.2 Å². The number of hydrogen-bond donors (Lipinski definition) is 1. The molecule has 0 spiro atoms. The van der Waals surface area contributed by atoms with E-state index in [1.54, 1.807) is 0 Å². The van der Waals surface area contributed by atoms with Crippen LogP contribution in [-0.4, -0.2) is 20.6 Å². The first kappa shape index (κ1) is 13.8. The van der Waals surface area contributed by atoms with Crippen LogP contribution in [0, 0.1) is 0 Å². The van der Waals surface area contributed by atoms with E-state index in [-0.39, 0.29) is 0 Å². The van der Waals surface area contributed by atoms with E-state index in [2.05, 4.69) is 55.0 Å². The lowest BCUT2D eigenvalue weighted by Crippen LogP contribution is -2.18. The predicted octanol–water partition coefficient (Wildman–Crippen LogP) is 3.37. The zero-order valence-corrected chi connectivity index (χ0v) is 11.2. The molecule has 0 aliphatic rings. The Hall–Kier alpha value is -1.28. The summed E-state index contributed by atoms with van der Waals surface area (Å²) in [6.07, 6.45) is 4.22. The van der Waals surface area contributed by atoms with Crippen molar-refractivity contribution in [2.75, 3.05) is 25.5 Å². The zero-order valence-electron chi connectivity index (χ0n) is 11.2. The third-order valence-electron chi connectivity index (χ3n) is 3.17. The Kier molecular flexibility index (Phi) is 5.78. The molecule has 1 N–H and O–H groups in total. The molecule has 0 radical (unpaired) electrons. The normalized spacial score (nSPS) is 12.2. The van der Waals surface area contributed by atoms with E-state index in [0.29, 0.717) is 6.04 Å². The predicted molar refractivity (Wildman–Crippen MR) is 76.6 cm³/mol. The summed E-state index contributed by atoms with van der Waals surface area (Å²) in [4.78, 5) is 2.29. The van der Waals surface area contributed by atoms with Crippen LogP contribution in [0.1, 0.15) is 31.4 Å². The lowest BCUT2D eigenvalue weighted by Gasteiger charge is -2.20. The average Bonchev–Trinajstić information content (AvgIpc) is 2.38. The molecule has 1 aromatic rings. The van der Waals surface area contributed by atoms with Gasteiger partial charge in [-0.2, -0.15) is 0 Å². The molecule has 0 bridgehead atoms. The van der Waals surface area contributed by atoms with Crippen LogP contribution in [-0.2, 0) is 0 Å². The second-order valence-electron chi connectivity index (χ2n) is 4.45. The highest BCUT2D eigenvalue weighted by atomic mass is 15.1. The summed E-state index contributed by atoms with van der Waals surface area (Å²) in [6.45, 7) is 6.99. The Morgan fingerprint density at radius 1 is 1.35 bits per heavy atom. The van der Waals surface area contributed by atoms with Gasteiger partial charge in [-0.3, -0.25) is 0 Å². The van der Waals surface area contributed by atoms with Crippen LogP contribution in [0.25, 0.3) is 0 Å². The van der Waals surface area contributed by atoms with E-state index in [1.165, 1.54) is 11.3 Å². The molecule has 1 unspecified atom stereocenters. The smallest absolute Gasteiger partial charge is 0.0363 e. The first-order valence-electron chi connectivity index (χ1n) is 6.28. The lowest BCUT2D eigenvalue weighted by molar-refractivity contribution is 0.652. The first-order chi connectivity index (χ1) is 8.19. The highest BCUT2D eigenvalue weighted by molar-refractivity contribution is 5.47. The molecule has 2 nitrogen and oxygen atoms in total. The number of benzene rings is 1. The van der Waals surface area contributed by atoms with Crippen LogP contribution in [0.4, 0.5) is 5.69 Å². The molecule has 0 amide bonds. The number of unbranched alkanes of at least 4 members (excludes halogenated alkanes) is 1. The molecule has 0 saturated heterocycles. The highest BCUT2D eigenvalue weighted by Gasteiger charge is 2.04. The number of hydrogen-bond acceptors (Lipinski definition) is 2. The zero-order chi connectivity index (χ0) is 12.7. The second-order valence-corrected chi connectivity index (χ2v) is 4.45. The van der Waals surface area contributed by atoms with Gasteiger partial charge in [-0.25, -0.2) is 0 Å². The monoisotopic (exact) mass is 232 g/mol. The van der Waals surface area contributed by atoms with Crippen LogP contribution in [0.15, 0.2) is 36.9 Å². The van der Waals surface area contributed by atoms with E-state index in [9.17, 15) is 0 Å². The van der Waals surface area contributed by atoms with Crippen molar-refractivity contribution >= 4 is 5.69 Å². The Morgan fingerprint density at radius 3 is 2.53 bits per heavy atom. The third-order valence-corrected chi connectivity index (χ3v) is 3.17. The minimum Gasteiger partial charge on any atom is -0.375 e. The molecule has 94 valence electrons. The van der Waals surface area contributed by atoms with Gasteiger partial charge in [0.1, 0.15) is 0 Å². The van der Waals surface area contributed by atoms with Gasteiger partial charge >= 0.3 is 0 Å². The molecule has 1 rings (SSSR count). The van der Waals surface area contributed by atoms with Gasteiger partial charge in [-0.05, 0) is 44.5 Å². The number of allylic oxidation sites excluding steroid dienone is 1. The van der Waals surface area contributed by atoms with Gasteiger partial charge in [0.2, 0.25) is 0 Å². The summed E-state index contributed by atoms with van der Waals surface area (Å²) in [5, 5.41) is 3.25. The maximum atomic E-state index is 3.75. The summed E-state index contributed by atoms with van der Waals surface area (Å²) in [7, 11) is 4.12. The molecule has 0 aromatic heterocycles. The molecular formula is C15H24N2. The molecule has 0 fully saturated rings. The molecule has 1 aromatic carbocycles. The standard InChI is InChI=1S/C15H24N2/c1-5-6-7-12-17(4)15-10-8-14(9-11-15)13(2)16-3/h5,8-11,13,16H,1,6-7,12H2,2-4H3. The topological polar surface area (TPSA) is 15.3 Å². The van der Waals surface area contributed by atoms with Crippen molar-refractivity contribution in [1.29, 1.82) is 0 Å². The van der Waals surface area contributed by atoms with Gasteiger partial charge in [-0.15, -0.1) is 6.58 Å². The van der Waals surface area contributed by atoms with Crippen LogP contribution in [0.5, 0.6) is 0 Å². The molecule has 2 heteroatoms. The average molecular weight is 232 g/mol. The van der Waals surface area contributed by atoms with Crippen molar-refractivity contribution in [2.45, 2.75) is 25.8 Å². The van der Waals surface area contributed by atoms with E-state index in [0.717, 1.165) is 19.4 Å². The van der Waals surface area contributed by atoms with Gasteiger partial charge in [0, 0.05) is 25.3 Å². The molecule has 1 atom stereocenters. The SMILES string of the molecule is C=CCCCN(C)c1ccc(C(C)NC)cc1. The quantitative estimate of drug-likeness (QED) is 0.573. The van der Waals surface area contributed by atoms with Crippen LogP contribution >= 0.6 is 0 Å². The minimum absolute atomic E-state index is 0.412. The molecule has 17 heavy (non-hydrogen) atoms. The summed E-state index contributed by atoms with van der Waals surface area (Å²) < 4.78 is 0. The number of anilines is 1. The van der Waals surface area contributed by atoms with E-state index in [1.807, 2.05) is 13.1 Å². The fraction of sp³-hybridized carbons (Fsp3) is 0.467. The Balaban J connectivity index is 2.57. The Labute approximate surface area is 105 Å². The summed E-state index contributed by atoms with van der Waals surface area (Å²) in [6, 6.07) is 9.19. The molecular weight excluding hydrogens is 208 g/mol. The fourth-order valence-corrected chi connectivity index (χ4v) is 1.79. The van der Waals surface area contributed by atoms with Crippen molar-refractivity contribution in [3.05, 3.63) is 42.5 Å². The summed E-state index contributed by atoms with van der Waals surface area (Å²) >= 11 is 0. The van der Waals surface area contributed by atoms with E-state index >= 15 is 0 Å². The fourth-order valence-electron chi connectivity index (χ4n) is 1.79. The van der Waals surface area contributed by atoms with Gasteiger partial charge in [0.15, 0.2) is 0 Å². The van der Waals surface area contributed by atoms with Crippen molar-refractivity contribution in [1.82, 2.24) is 5.32 Å². The van der Waals surface area contributed by atoms with Crippen molar-refractivity contribution in [3.63, 3.8) is 0 Å². The first-order valence-corrected chi connectivity index (χ1v) is 6.28. The van der Waals surface area contributed by atoms with Gasteiger partial charge in [-0.1, -0.05) is 18.2 Å². The molecule has 0 aliphatic carbocycles. The minimum atomic E-state index is 0.412.